The van der Waals surface area contributed by atoms with Crippen molar-refractivity contribution in [3.05, 3.63) is 42.7 Å². The number of carbonyl (C=O) groups is 1. The van der Waals surface area contributed by atoms with Gasteiger partial charge in [0, 0.05) is 27.6 Å². The molecule has 142 valence electrons. The fourth-order valence-corrected chi connectivity index (χ4v) is 2.48. The van der Waals surface area contributed by atoms with Crippen molar-refractivity contribution in [1.82, 2.24) is 20.3 Å². The summed E-state index contributed by atoms with van der Waals surface area (Å²) in [5.74, 6) is -0.371. The quantitative estimate of drug-likeness (QED) is 0.638. The Hall–Kier alpha value is -3.10. The number of pyridine rings is 2. The van der Waals surface area contributed by atoms with Gasteiger partial charge in [0.15, 0.2) is 0 Å². The van der Waals surface area contributed by atoms with E-state index in [1.54, 1.807) is 30.6 Å². The minimum Gasteiger partial charge on any atom is -0.359 e. The van der Waals surface area contributed by atoms with Crippen molar-refractivity contribution in [2.75, 3.05) is 11.9 Å². The van der Waals surface area contributed by atoms with Crippen LogP contribution in [-0.2, 0) is 4.79 Å². The first-order valence-electron chi connectivity index (χ1n) is 7.84. The lowest BCUT2D eigenvalue weighted by Crippen LogP contribution is -2.42. The number of fused-ring (bicyclic) bond motifs is 1. The lowest BCUT2D eigenvalue weighted by atomic mass is 10.1. The van der Waals surface area contributed by atoms with Crippen LogP contribution in [-0.4, -0.2) is 39.6 Å². The Kier molecular flexibility index (Phi) is 4.79. The summed E-state index contributed by atoms with van der Waals surface area (Å²) in [5, 5.41) is 5.56. The van der Waals surface area contributed by atoms with E-state index < -0.39 is 24.7 Å². The molecule has 9 heteroatoms. The Labute approximate surface area is 151 Å². The van der Waals surface area contributed by atoms with E-state index >= 15 is 0 Å². The Morgan fingerprint density at radius 3 is 2.88 bits per heavy atom. The molecule has 26 heavy (non-hydrogen) atoms. The van der Waals surface area contributed by atoms with Crippen LogP contribution in [0.1, 0.15) is 11.2 Å². The fraction of sp³-hybridized carbons (Fsp3) is 0.235. The van der Waals surface area contributed by atoms with Gasteiger partial charge in [-0.1, -0.05) is 6.07 Å². The number of alkyl halides is 3. The highest BCUT2D eigenvalue weighted by molar-refractivity contribution is 5.92. The maximum absolute atomic E-state index is 12.2. The van der Waals surface area contributed by atoms with Crippen LogP contribution < -0.4 is 10.6 Å². The number of hydrogen-bond acceptors (Lipinski definition) is 4. The molecule has 3 heterocycles. The van der Waals surface area contributed by atoms with Crippen molar-refractivity contribution < 1.29 is 22.2 Å². The van der Waals surface area contributed by atoms with Gasteiger partial charge < -0.3 is 15.6 Å². The zero-order valence-electron chi connectivity index (χ0n) is 13.8. The van der Waals surface area contributed by atoms with E-state index in [0.29, 0.717) is 11.5 Å². The summed E-state index contributed by atoms with van der Waals surface area (Å²) in [6, 6.07) is 8.04. The number of hydrogen-bond donors (Lipinski definition) is 3. The van der Waals surface area contributed by atoms with E-state index in [-0.39, 0.29) is 4.28 Å². The van der Waals surface area contributed by atoms with Crippen molar-refractivity contribution in [2.24, 2.45) is 0 Å². The average Bonchev–Trinajstić information content (AvgIpc) is 3.07. The number of amides is 1. The van der Waals surface area contributed by atoms with E-state index in [1.165, 1.54) is 6.92 Å². The zero-order chi connectivity index (χ0) is 18.7. The molecule has 0 aromatic carbocycles. The second-order valence-electron chi connectivity index (χ2n) is 5.71. The maximum atomic E-state index is 12.2. The Morgan fingerprint density at radius 1 is 1.31 bits per heavy atom. The van der Waals surface area contributed by atoms with Gasteiger partial charge in [0.25, 0.3) is 0 Å². The summed E-state index contributed by atoms with van der Waals surface area (Å²) in [6.45, 7) is 0.102. The van der Waals surface area contributed by atoms with Gasteiger partial charge in [-0.05, 0) is 31.2 Å². The van der Waals surface area contributed by atoms with Crippen LogP contribution in [0.4, 0.5) is 19.0 Å². The molecule has 1 amide bonds. The number of aromatic amines is 1. The van der Waals surface area contributed by atoms with Crippen LogP contribution in [0.5, 0.6) is 0 Å². The van der Waals surface area contributed by atoms with Crippen molar-refractivity contribution in [1.29, 1.82) is 0 Å². The molecule has 0 radical (unpaired) electrons. The molecule has 0 fully saturated rings. The second kappa shape index (κ2) is 7.03. The number of nitrogens with zero attached hydrogens (tertiary/aromatic N) is 2. The standard InChI is InChI=1S/C17H16F3N5O.3H2/c1-10(16(26)23-9-17(18,19)20)24-14-4-2-3-13(25-14)11-5-7-21-15-12(11)6-8-22-15;;;/h2-8,10H,9H2,1H3,(H,21,22)(H,23,26)(H,24,25);3*1H/t10-;;;/m0.../s1. The van der Waals surface area contributed by atoms with Gasteiger partial charge >= 0.3 is 6.18 Å². The van der Waals surface area contributed by atoms with Crippen LogP contribution in [0.2, 0.25) is 0 Å². The molecular weight excluding hydrogens is 347 g/mol. The molecular formula is C17H22F3N5O. The van der Waals surface area contributed by atoms with Gasteiger partial charge in [0.05, 0.1) is 5.69 Å². The van der Waals surface area contributed by atoms with Crippen LogP contribution in [0.3, 0.4) is 0 Å². The smallest absolute Gasteiger partial charge is 0.359 e. The Bertz CT molecular complexity index is 936. The number of anilines is 1. The van der Waals surface area contributed by atoms with E-state index in [9.17, 15) is 18.0 Å². The molecule has 3 rings (SSSR count). The van der Waals surface area contributed by atoms with Crippen LogP contribution in [0.25, 0.3) is 22.3 Å². The van der Waals surface area contributed by atoms with E-state index in [0.717, 1.165) is 16.6 Å². The molecule has 1 atom stereocenters. The van der Waals surface area contributed by atoms with Gasteiger partial charge in [-0.3, -0.25) is 4.79 Å². The number of halogens is 3. The van der Waals surface area contributed by atoms with Gasteiger partial charge in [-0.2, -0.15) is 13.2 Å². The van der Waals surface area contributed by atoms with Crippen molar-refractivity contribution >= 4 is 22.8 Å². The molecule has 0 aliphatic carbocycles. The molecule has 0 saturated heterocycles. The van der Waals surface area contributed by atoms with Gasteiger partial charge in [0.1, 0.15) is 24.1 Å². The molecule has 6 nitrogen and oxygen atoms in total. The molecule has 3 aromatic heterocycles. The number of nitrogens with one attached hydrogen (secondary N) is 3. The van der Waals surface area contributed by atoms with Crippen molar-refractivity contribution in [3.8, 4) is 11.3 Å². The van der Waals surface area contributed by atoms with E-state index in [1.807, 2.05) is 17.4 Å². The number of aromatic nitrogens is 3. The van der Waals surface area contributed by atoms with Crippen LogP contribution in [0, 0.1) is 0 Å². The number of rotatable bonds is 5. The number of H-pyrrole nitrogens is 1. The summed E-state index contributed by atoms with van der Waals surface area (Å²) in [4.78, 5) is 23.5. The molecule has 0 saturated carbocycles. The first-order valence-corrected chi connectivity index (χ1v) is 7.84. The van der Waals surface area contributed by atoms with Crippen molar-refractivity contribution in [3.63, 3.8) is 0 Å². The number of carbonyl (C=O) groups excluding carboxylic acids is 1. The van der Waals surface area contributed by atoms with Crippen molar-refractivity contribution in [2.45, 2.75) is 19.1 Å². The molecule has 3 aromatic rings. The third kappa shape index (κ3) is 4.11. The fourth-order valence-electron chi connectivity index (χ4n) is 2.48. The zero-order valence-corrected chi connectivity index (χ0v) is 13.8. The first kappa shape index (κ1) is 17.7. The minimum absolute atomic E-state index is 0. The Balaban J connectivity index is 0.00000261. The third-order valence-corrected chi connectivity index (χ3v) is 3.71. The highest BCUT2D eigenvalue weighted by Gasteiger charge is 2.28. The normalized spacial score (nSPS) is 12.8. The predicted octanol–water partition coefficient (Wildman–Crippen LogP) is 3.84. The van der Waals surface area contributed by atoms with Gasteiger partial charge in [-0.25, -0.2) is 9.97 Å². The summed E-state index contributed by atoms with van der Waals surface area (Å²) in [6.07, 6.45) is -1.02. The molecule has 0 unspecified atom stereocenters. The monoisotopic (exact) mass is 369 g/mol. The molecule has 0 bridgehead atoms. The highest BCUT2D eigenvalue weighted by atomic mass is 19.4. The molecule has 0 aliphatic rings. The predicted molar refractivity (Wildman–Crippen MR) is 97.8 cm³/mol. The van der Waals surface area contributed by atoms with Crippen LogP contribution in [0.15, 0.2) is 42.7 Å². The van der Waals surface area contributed by atoms with Gasteiger partial charge in [0.2, 0.25) is 5.91 Å². The lowest BCUT2D eigenvalue weighted by Gasteiger charge is -2.16. The summed E-state index contributed by atoms with van der Waals surface area (Å²) in [5.41, 5.74) is 2.24. The summed E-state index contributed by atoms with van der Waals surface area (Å²) >= 11 is 0. The van der Waals surface area contributed by atoms with E-state index in [2.05, 4.69) is 20.3 Å². The third-order valence-electron chi connectivity index (χ3n) is 3.71. The maximum Gasteiger partial charge on any atom is 0.405 e. The SMILES string of the molecule is C[C@H](Nc1cccc(-c2ccnc3[nH]ccc23)n1)C(=O)NCC(F)(F)F.[HH].[HH].[HH]. The minimum atomic E-state index is -4.45. The molecule has 0 aliphatic heterocycles. The van der Waals surface area contributed by atoms with Crippen LogP contribution >= 0.6 is 0 Å². The topological polar surface area (TPSA) is 82.7 Å². The van der Waals surface area contributed by atoms with Gasteiger partial charge in [-0.15, -0.1) is 0 Å². The molecule has 3 N–H and O–H groups in total. The second-order valence-corrected chi connectivity index (χ2v) is 5.71. The molecule has 0 spiro atoms. The first-order chi connectivity index (χ1) is 12.3. The highest BCUT2D eigenvalue weighted by Crippen LogP contribution is 2.26. The lowest BCUT2D eigenvalue weighted by molar-refractivity contribution is -0.138. The Morgan fingerprint density at radius 2 is 2.12 bits per heavy atom. The average molecular weight is 369 g/mol. The summed E-state index contributed by atoms with van der Waals surface area (Å²) in [7, 11) is 0. The summed E-state index contributed by atoms with van der Waals surface area (Å²) < 4.78 is 36.6. The van der Waals surface area contributed by atoms with E-state index in [4.69, 9.17) is 0 Å². The largest absolute Gasteiger partial charge is 0.405 e.